The largest absolute Gasteiger partial charge is 0.409 e. The molecule has 2 fully saturated rings. The minimum atomic E-state index is 0.275. The van der Waals surface area contributed by atoms with Gasteiger partial charge in [-0.15, -0.1) is 11.6 Å². The molecule has 2 saturated carbocycles. The summed E-state index contributed by atoms with van der Waals surface area (Å²) in [5, 5.41) is 15.8. The lowest BCUT2D eigenvalue weighted by Gasteiger charge is -2.05. The first-order valence-corrected chi connectivity index (χ1v) is 12.6. The van der Waals surface area contributed by atoms with E-state index >= 15 is 0 Å². The van der Waals surface area contributed by atoms with Crippen molar-refractivity contribution in [1.29, 1.82) is 0 Å². The number of allylic oxidation sites excluding steroid dienone is 4. The first-order valence-electron chi connectivity index (χ1n) is 12.1. The molecule has 35 heavy (non-hydrogen) atoms. The van der Waals surface area contributed by atoms with E-state index < -0.39 is 0 Å². The smallest absolute Gasteiger partial charge is 0.241 e. The van der Waals surface area contributed by atoms with Gasteiger partial charge in [-0.25, -0.2) is 0 Å². The molecular weight excluding hydrogens is 460 g/mol. The molecule has 7 heteroatoms. The van der Waals surface area contributed by atoms with Crippen LogP contribution < -0.4 is 5.73 Å². The van der Waals surface area contributed by atoms with Crippen LogP contribution in [0.15, 0.2) is 82.5 Å². The number of amidine groups is 1. The second-order valence-electron chi connectivity index (χ2n) is 9.76. The lowest BCUT2D eigenvalue weighted by atomic mass is 10.0. The zero-order chi connectivity index (χ0) is 23.9. The maximum absolute atomic E-state index is 8.63. The lowest BCUT2D eigenvalue weighted by Crippen LogP contribution is -2.16. The highest BCUT2D eigenvalue weighted by Crippen LogP contribution is 2.62. The monoisotopic (exact) mass is 486 g/mol. The second-order valence-corrected chi connectivity index (χ2v) is 10.0. The Bertz CT molecular complexity index is 1300. The van der Waals surface area contributed by atoms with E-state index in [9.17, 15) is 0 Å². The highest BCUT2D eigenvalue weighted by Gasteiger charge is 2.56. The molecule has 0 unspecified atom stereocenters. The van der Waals surface area contributed by atoms with E-state index in [-0.39, 0.29) is 5.92 Å². The van der Waals surface area contributed by atoms with E-state index in [2.05, 4.69) is 82.0 Å². The van der Waals surface area contributed by atoms with Crippen LogP contribution in [0.5, 0.6) is 0 Å². The third-order valence-corrected chi connectivity index (χ3v) is 8.03. The number of aromatic nitrogens is 2. The summed E-state index contributed by atoms with van der Waals surface area (Å²) in [6.07, 6.45) is 6.82. The molecule has 0 radical (unpaired) electrons. The molecule has 0 bridgehead atoms. The van der Waals surface area contributed by atoms with Crippen molar-refractivity contribution in [1.82, 2.24) is 10.1 Å². The quantitative estimate of drug-likeness (QED) is 0.158. The first-order chi connectivity index (χ1) is 17.2. The third kappa shape index (κ3) is 4.16. The van der Waals surface area contributed by atoms with Crippen molar-refractivity contribution in [2.24, 2.45) is 40.5 Å². The fraction of sp³-hybridized carbons (Fsp3) is 0.321. The fourth-order valence-corrected chi connectivity index (χ4v) is 6.04. The van der Waals surface area contributed by atoms with Crippen molar-refractivity contribution >= 4 is 28.6 Å². The van der Waals surface area contributed by atoms with Crippen molar-refractivity contribution in [2.75, 3.05) is 0 Å². The third-order valence-electron chi connectivity index (χ3n) is 7.80. The minimum Gasteiger partial charge on any atom is -0.409 e. The van der Waals surface area contributed by atoms with Crippen LogP contribution in [0.1, 0.15) is 41.6 Å². The van der Waals surface area contributed by atoms with Crippen LogP contribution in [0.25, 0.3) is 11.1 Å². The molecule has 0 saturated heterocycles. The molecule has 3 aromatic rings. The van der Waals surface area contributed by atoms with Crippen LogP contribution in [0.4, 0.5) is 0 Å². The molecule has 0 aliphatic heterocycles. The van der Waals surface area contributed by atoms with Crippen LogP contribution in [0, 0.1) is 29.6 Å². The van der Waals surface area contributed by atoms with Crippen molar-refractivity contribution in [2.45, 2.75) is 24.6 Å². The number of fused-ring (bicyclic) bond motifs is 2. The Kier molecular flexibility index (Phi) is 5.69. The molecule has 0 spiro atoms. The predicted octanol–water partition coefficient (Wildman–Crippen LogP) is 5.71. The molecule has 178 valence electrons. The van der Waals surface area contributed by atoms with Crippen molar-refractivity contribution in [3.8, 4) is 0 Å². The molecule has 4 aliphatic rings. The molecular formula is C28H27ClN4O2. The Balaban J connectivity index is 0.000000133. The van der Waals surface area contributed by atoms with Gasteiger partial charge in [-0.05, 0) is 58.8 Å². The Hall–Kier alpha value is -3.38. The number of nitrogens with zero attached hydrogens (tertiary/aromatic N) is 3. The maximum atomic E-state index is 8.63. The summed E-state index contributed by atoms with van der Waals surface area (Å²) in [4.78, 5) is 4.33. The van der Waals surface area contributed by atoms with Gasteiger partial charge in [0.2, 0.25) is 5.89 Å². The fourth-order valence-electron chi connectivity index (χ4n) is 5.93. The summed E-state index contributed by atoms with van der Waals surface area (Å²) in [6.45, 7) is 0. The maximum Gasteiger partial charge on any atom is 0.241 e. The zero-order valence-corrected chi connectivity index (χ0v) is 19.9. The van der Waals surface area contributed by atoms with E-state index in [1.165, 1.54) is 22.3 Å². The van der Waals surface area contributed by atoms with Gasteiger partial charge in [-0.3, -0.25) is 0 Å². The number of halogens is 1. The molecule has 6 nitrogen and oxygen atoms in total. The molecule has 1 heterocycles. The highest BCUT2D eigenvalue weighted by molar-refractivity contribution is 6.16. The Morgan fingerprint density at radius 3 is 2.00 bits per heavy atom. The summed E-state index contributed by atoms with van der Waals surface area (Å²) < 4.78 is 5.08. The van der Waals surface area contributed by atoms with Crippen LogP contribution in [0.3, 0.4) is 0 Å². The number of hydrogen-bond acceptors (Lipinski definition) is 5. The topological polar surface area (TPSA) is 97.5 Å². The first kappa shape index (κ1) is 22.1. The Labute approximate surface area is 209 Å². The van der Waals surface area contributed by atoms with E-state index in [0.717, 1.165) is 18.7 Å². The number of alkyl halides is 1. The molecule has 4 aliphatic carbocycles. The van der Waals surface area contributed by atoms with Crippen LogP contribution in [-0.4, -0.2) is 21.2 Å². The second kappa shape index (κ2) is 9.00. The summed E-state index contributed by atoms with van der Waals surface area (Å²) in [5.41, 5.74) is 11.1. The summed E-state index contributed by atoms with van der Waals surface area (Å²) in [7, 11) is 0. The van der Waals surface area contributed by atoms with Gasteiger partial charge in [0.25, 0.3) is 0 Å². The Morgan fingerprint density at radius 1 is 0.943 bits per heavy atom. The molecule has 7 rings (SSSR count). The van der Waals surface area contributed by atoms with Gasteiger partial charge >= 0.3 is 0 Å². The Morgan fingerprint density at radius 2 is 1.54 bits per heavy atom. The number of rotatable bonds is 5. The van der Waals surface area contributed by atoms with Crippen molar-refractivity contribution in [3.05, 3.63) is 95.7 Å². The van der Waals surface area contributed by atoms with Crippen LogP contribution >= 0.6 is 11.6 Å². The number of benzene rings is 2. The number of oxime groups is 1. The molecule has 2 aromatic carbocycles. The molecule has 1 aromatic heterocycles. The van der Waals surface area contributed by atoms with E-state index in [0.29, 0.717) is 47.2 Å². The summed E-state index contributed by atoms with van der Waals surface area (Å²) in [5.74, 6) is 5.02. The zero-order valence-electron chi connectivity index (χ0n) is 19.2. The van der Waals surface area contributed by atoms with E-state index in [4.69, 9.17) is 27.1 Å². The van der Waals surface area contributed by atoms with Crippen molar-refractivity contribution < 1.29 is 9.73 Å². The summed E-state index contributed by atoms with van der Waals surface area (Å²) >= 11 is 5.68. The number of hydrogen-bond donors (Lipinski definition) is 2. The minimum absolute atomic E-state index is 0.275. The van der Waals surface area contributed by atoms with Crippen molar-refractivity contribution in [3.63, 3.8) is 0 Å². The van der Waals surface area contributed by atoms with Gasteiger partial charge in [0.1, 0.15) is 11.7 Å². The van der Waals surface area contributed by atoms with Gasteiger partial charge in [0.05, 0.1) is 0 Å². The van der Waals surface area contributed by atoms with Crippen LogP contribution in [-0.2, 0) is 5.88 Å². The van der Waals surface area contributed by atoms with Gasteiger partial charge in [-0.2, -0.15) is 4.98 Å². The normalized spacial score (nSPS) is 29.9. The molecule has 6 atom stereocenters. The van der Waals surface area contributed by atoms with E-state index in [1.54, 1.807) is 0 Å². The highest BCUT2D eigenvalue weighted by atomic mass is 35.5. The SMILES string of the molecule is ClCc1nc([C@@H]2[C@H]3C=C(c4ccccc4)C[C@H]32)no1.N/C(=N\O)[C@@H]1[C@H]2C=C(c3ccccc3)C[C@H]21. The van der Waals surface area contributed by atoms with E-state index in [1.807, 2.05) is 6.07 Å². The van der Waals surface area contributed by atoms with Gasteiger partial charge in [-0.1, -0.05) is 83.1 Å². The van der Waals surface area contributed by atoms with Gasteiger partial charge in [0.15, 0.2) is 5.82 Å². The lowest BCUT2D eigenvalue weighted by molar-refractivity contribution is 0.316. The van der Waals surface area contributed by atoms with Crippen LogP contribution in [0.2, 0.25) is 0 Å². The summed E-state index contributed by atoms with van der Waals surface area (Å²) in [6, 6.07) is 21.0. The average Bonchev–Trinajstić information content (AvgIpc) is 3.45. The predicted molar refractivity (Wildman–Crippen MR) is 136 cm³/mol. The van der Waals surface area contributed by atoms with Gasteiger partial charge < -0.3 is 15.5 Å². The molecule has 0 amide bonds. The number of nitrogens with two attached hydrogens (primary N) is 1. The average molecular weight is 487 g/mol. The van der Waals surface area contributed by atoms with Gasteiger partial charge in [0, 0.05) is 11.8 Å². The standard InChI is InChI=1S/C15H13ClN2O.C13H14N2O/c16-8-13-17-15(18-19-13)14-11-6-10(7-12(11)14)9-4-2-1-3-5-9;14-13(15-16)12-10-6-9(7-11(10)12)8-4-2-1-3-5-8/h1-6,11-12,14H,7-8H2;1-6,10-12,16H,7H2,(H2,14,15)/t11-,12+,14+;10-,11+,12+/m00/s1. The molecule has 3 N–H and O–H groups in total.